The van der Waals surface area contributed by atoms with E-state index in [2.05, 4.69) is 0 Å². The van der Waals surface area contributed by atoms with E-state index in [0.717, 1.165) is 5.56 Å². The van der Waals surface area contributed by atoms with Gasteiger partial charge < -0.3 is 10.8 Å². The molecule has 0 saturated heterocycles. The van der Waals surface area contributed by atoms with E-state index in [1.165, 1.54) is 0 Å². The molecule has 0 spiro atoms. The number of nitrogens with zero attached hydrogens (tertiary/aromatic N) is 1. The fourth-order valence-corrected chi connectivity index (χ4v) is 0.932. The van der Waals surface area contributed by atoms with E-state index in [9.17, 15) is 0 Å². The van der Waals surface area contributed by atoms with Crippen LogP contribution in [0.5, 0.6) is 5.75 Å². The Kier molecular flexibility index (Phi) is 2.67. The van der Waals surface area contributed by atoms with Gasteiger partial charge in [-0.25, -0.2) is 0 Å². The van der Waals surface area contributed by atoms with E-state index in [-0.39, 0.29) is 5.75 Å². The Labute approximate surface area is 71.1 Å². The van der Waals surface area contributed by atoms with Crippen LogP contribution in [0.1, 0.15) is 5.56 Å². The largest absolute Gasteiger partial charge is 0.508 e. The van der Waals surface area contributed by atoms with E-state index in [0.29, 0.717) is 6.42 Å². The van der Waals surface area contributed by atoms with Gasteiger partial charge in [-0.05, 0) is 17.7 Å². The van der Waals surface area contributed by atoms with Crippen molar-refractivity contribution >= 4 is 0 Å². The van der Waals surface area contributed by atoms with Gasteiger partial charge in [-0.1, -0.05) is 12.1 Å². The average molecular weight is 162 g/mol. The van der Waals surface area contributed by atoms with Crippen molar-refractivity contribution in [3.63, 3.8) is 0 Å². The van der Waals surface area contributed by atoms with Crippen molar-refractivity contribution < 1.29 is 5.11 Å². The molecule has 0 aliphatic heterocycles. The topological polar surface area (TPSA) is 70.0 Å². The van der Waals surface area contributed by atoms with Crippen LogP contribution < -0.4 is 5.73 Å². The SMILES string of the molecule is N#C[C@@H](N)Cc1ccc(O)cc1. The summed E-state index contributed by atoms with van der Waals surface area (Å²) in [6, 6.07) is 8.16. The highest BCUT2D eigenvalue weighted by Gasteiger charge is 2.00. The van der Waals surface area contributed by atoms with Crippen LogP contribution in [0.3, 0.4) is 0 Å². The van der Waals surface area contributed by atoms with Crippen LogP contribution in [0.2, 0.25) is 0 Å². The van der Waals surface area contributed by atoms with Crippen LogP contribution in [0.4, 0.5) is 0 Å². The molecule has 12 heavy (non-hydrogen) atoms. The van der Waals surface area contributed by atoms with Crippen LogP contribution >= 0.6 is 0 Å². The summed E-state index contributed by atoms with van der Waals surface area (Å²) in [5.74, 6) is 0.226. The molecule has 1 rings (SSSR count). The minimum absolute atomic E-state index is 0.226. The molecule has 0 saturated carbocycles. The standard InChI is InChI=1S/C9H10N2O/c10-6-8(11)5-7-1-3-9(12)4-2-7/h1-4,8,12H,5,11H2/t8-/m0/s1. The van der Waals surface area contributed by atoms with E-state index >= 15 is 0 Å². The number of nitriles is 1. The molecule has 1 atom stereocenters. The fraction of sp³-hybridized carbons (Fsp3) is 0.222. The van der Waals surface area contributed by atoms with E-state index in [1.54, 1.807) is 24.3 Å². The molecule has 1 aromatic carbocycles. The monoisotopic (exact) mass is 162 g/mol. The molecule has 0 unspecified atom stereocenters. The zero-order chi connectivity index (χ0) is 8.97. The van der Waals surface area contributed by atoms with Gasteiger partial charge in [-0.15, -0.1) is 0 Å². The Hall–Kier alpha value is -1.53. The predicted octanol–water partition coefficient (Wildman–Crippen LogP) is 0.786. The van der Waals surface area contributed by atoms with Gasteiger partial charge in [0.15, 0.2) is 0 Å². The maximum Gasteiger partial charge on any atom is 0.115 e. The lowest BCUT2D eigenvalue weighted by Crippen LogP contribution is -2.19. The summed E-state index contributed by atoms with van der Waals surface area (Å²) in [7, 11) is 0. The molecule has 3 N–H and O–H groups in total. The van der Waals surface area contributed by atoms with E-state index in [4.69, 9.17) is 16.1 Å². The Bertz CT molecular complexity index is 286. The number of hydrogen-bond donors (Lipinski definition) is 2. The number of phenolic OH excluding ortho intramolecular Hbond substituents is 1. The second-order valence-corrected chi connectivity index (χ2v) is 2.61. The van der Waals surface area contributed by atoms with Crippen LogP contribution in [-0.4, -0.2) is 11.1 Å². The quantitative estimate of drug-likeness (QED) is 0.675. The third-order valence-electron chi connectivity index (χ3n) is 1.56. The normalized spacial score (nSPS) is 12.0. The summed E-state index contributed by atoms with van der Waals surface area (Å²) in [5.41, 5.74) is 6.38. The lowest BCUT2D eigenvalue weighted by Gasteiger charge is -2.01. The molecule has 0 bridgehead atoms. The lowest BCUT2D eigenvalue weighted by molar-refractivity contribution is 0.475. The Morgan fingerprint density at radius 3 is 2.50 bits per heavy atom. The second kappa shape index (κ2) is 3.74. The number of hydrogen-bond acceptors (Lipinski definition) is 3. The molecule has 0 fully saturated rings. The van der Waals surface area contributed by atoms with Gasteiger partial charge in [0.05, 0.1) is 12.1 Å². The highest BCUT2D eigenvalue weighted by Crippen LogP contribution is 2.10. The number of phenols is 1. The van der Waals surface area contributed by atoms with Gasteiger partial charge in [-0.3, -0.25) is 0 Å². The van der Waals surface area contributed by atoms with Gasteiger partial charge in [-0.2, -0.15) is 5.26 Å². The van der Waals surface area contributed by atoms with Crippen LogP contribution in [0.15, 0.2) is 24.3 Å². The summed E-state index contributed by atoms with van der Waals surface area (Å²) in [4.78, 5) is 0. The van der Waals surface area contributed by atoms with Crippen molar-refractivity contribution in [2.75, 3.05) is 0 Å². The lowest BCUT2D eigenvalue weighted by atomic mass is 10.1. The molecule has 1 aromatic rings. The van der Waals surface area contributed by atoms with E-state index < -0.39 is 6.04 Å². The van der Waals surface area contributed by atoms with Gasteiger partial charge >= 0.3 is 0 Å². The Morgan fingerprint density at radius 1 is 1.42 bits per heavy atom. The highest BCUT2D eigenvalue weighted by molar-refractivity contribution is 5.26. The van der Waals surface area contributed by atoms with Gasteiger partial charge in [0.1, 0.15) is 5.75 Å². The second-order valence-electron chi connectivity index (χ2n) is 2.61. The molecule has 0 aromatic heterocycles. The van der Waals surface area contributed by atoms with Crippen molar-refractivity contribution in [3.05, 3.63) is 29.8 Å². The number of nitrogens with two attached hydrogens (primary N) is 1. The first kappa shape index (κ1) is 8.57. The molecule has 62 valence electrons. The molecular formula is C9H10N2O. The molecule has 3 nitrogen and oxygen atoms in total. The average Bonchev–Trinajstić information content (AvgIpc) is 2.09. The van der Waals surface area contributed by atoms with Crippen LogP contribution in [-0.2, 0) is 6.42 Å². The molecule has 3 heteroatoms. The molecular weight excluding hydrogens is 152 g/mol. The highest BCUT2D eigenvalue weighted by atomic mass is 16.3. The third kappa shape index (κ3) is 2.26. The smallest absolute Gasteiger partial charge is 0.115 e. The van der Waals surface area contributed by atoms with Crippen molar-refractivity contribution in [2.24, 2.45) is 5.73 Å². The van der Waals surface area contributed by atoms with Crippen LogP contribution in [0, 0.1) is 11.3 Å². The first-order valence-corrected chi connectivity index (χ1v) is 3.65. The van der Waals surface area contributed by atoms with Gasteiger partial charge in [0, 0.05) is 6.42 Å². The van der Waals surface area contributed by atoms with Crippen molar-refractivity contribution in [2.45, 2.75) is 12.5 Å². The van der Waals surface area contributed by atoms with E-state index in [1.807, 2.05) is 6.07 Å². The maximum absolute atomic E-state index is 8.95. The van der Waals surface area contributed by atoms with Crippen molar-refractivity contribution in [1.82, 2.24) is 0 Å². The first-order chi connectivity index (χ1) is 5.72. The maximum atomic E-state index is 8.95. The molecule has 0 heterocycles. The third-order valence-corrected chi connectivity index (χ3v) is 1.56. The molecule has 0 amide bonds. The first-order valence-electron chi connectivity index (χ1n) is 3.65. The summed E-state index contributed by atoms with van der Waals surface area (Å²) < 4.78 is 0. The summed E-state index contributed by atoms with van der Waals surface area (Å²) >= 11 is 0. The van der Waals surface area contributed by atoms with Crippen LogP contribution in [0.25, 0.3) is 0 Å². The summed E-state index contributed by atoms with van der Waals surface area (Å²) in [5, 5.41) is 17.4. The number of aromatic hydroxyl groups is 1. The number of benzene rings is 1. The minimum Gasteiger partial charge on any atom is -0.508 e. The Morgan fingerprint density at radius 2 is 2.00 bits per heavy atom. The molecule has 0 aliphatic rings. The molecule has 0 aliphatic carbocycles. The zero-order valence-electron chi connectivity index (χ0n) is 6.57. The molecule has 0 radical (unpaired) electrons. The fourth-order valence-electron chi connectivity index (χ4n) is 0.932. The number of rotatable bonds is 2. The van der Waals surface area contributed by atoms with Gasteiger partial charge in [0.25, 0.3) is 0 Å². The van der Waals surface area contributed by atoms with Crippen molar-refractivity contribution in [3.8, 4) is 11.8 Å². The zero-order valence-corrected chi connectivity index (χ0v) is 6.57. The minimum atomic E-state index is -0.463. The predicted molar refractivity (Wildman–Crippen MR) is 45.4 cm³/mol. The summed E-state index contributed by atoms with van der Waals surface area (Å²) in [6.07, 6.45) is 0.525. The summed E-state index contributed by atoms with van der Waals surface area (Å²) in [6.45, 7) is 0. The van der Waals surface area contributed by atoms with Crippen molar-refractivity contribution in [1.29, 1.82) is 5.26 Å². The van der Waals surface area contributed by atoms with Gasteiger partial charge in [0.2, 0.25) is 0 Å². The Balaban J connectivity index is 2.66.